The Morgan fingerprint density at radius 2 is 1.72 bits per heavy atom. The fraction of sp³-hybridized carbons (Fsp3) is 0.111. The second-order valence-electron chi connectivity index (χ2n) is 7.80. The van der Waals surface area contributed by atoms with Crippen LogP contribution in [0.5, 0.6) is 23.0 Å². The quantitative estimate of drug-likeness (QED) is 0.372. The number of anilines is 2. The zero-order valence-electron chi connectivity index (χ0n) is 19.7. The molecule has 0 atom stereocenters. The van der Waals surface area contributed by atoms with Gasteiger partial charge < -0.3 is 24.8 Å². The maximum Gasteiger partial charge on any atom is 0.260 e. The molecule has 0 unspecified atom stereocenters. The van der Waals surface area contributed by atoms with Crippen molar-refractivity contribution in [1.82, 2.24) is 15.3 Å². The largest absolute Gasteiger partial charge is 0.493 e. The van der Waals surface area contributed by atoms with Crippen molar-refractivity contribution >= 4 is 34.2 Å². The molecule has 4 aromatic rings. The van der Waals surface area contributed by atoms with E-state index in [0.29, 0.717) is 46.6 Å². The molecule has 9 heteroatoms. The molecule has 2 aromatic heterocycles. The van der Waals surface area contributed by atoms with E-state index in [9.17, 15) is 4.79 Å². The van der Waals surface area contributed by atoms with E-state index in [4.69, 9.17) is 14.2 Å². The molecule has 180 valence electrons. The van der Waals surface area contributed by atoms with Crippen molar-refractivity contribution < 1.29 is 19.0 Å². The van der Waals surface area contributed by atoms with Crippen LogP contribution in [0.25, 0.3) is 10.9 Å². The lowest BCUT2D eigenvalue weighted by Gasteiger charge is -2.13. The number of nitrogens with one attached hydrogen (secondary N) is 2. The van der Waals surface area contributed by atoms with E-state index in [1.807, 2.05) is 42.5 Å². The number of methoxy groups -OCH3 is 2. The van der Waals surface area contributed by atoms with Gasteiger partial charge in [0.25, 0.3) is 5.91 Å². The van der Waals surface area contributed by atoms with Crippen LogP contribution in [-0.4, -0.2) is 35.9 Å². The molecule has 2 aromatic carbocycles. The molecule has 1 amide bonds. The van der Waals surface area contributed by atoms with Gasteiger partial charge in [0, 0.05) is 42.2 Å². The van der Waals surface area contributed by atoms with Gasteiger partial charge in [-0.05, 0) is 48.5 Å². The number of amidine groups is 1. The molecule has 0 bridgehead atoms. The van der Waals surface area contributed by atoms with E-state index < -0.39 is 0 Å². The molecule has 0 saturated heterocycles. The van der Waals surface area contributed by atoms with Crippen molar-refractivity contribution in [2.45, 2.75) is 6.42 Å². The molecule has 0 spiro atoms. The standard InChI is InChI=1S/C27H23N5O4/c1-34-23-15-20-21(16-24(23)35-2)28-14-11-22(20)36-18-9-7-17(8-10-18)31-26-19(5-3-13-30-26)27(33)32-25-6-4-12-29-25/h3-5,7-16H,6H2,1-2H3,(H,30,31)(H,29,32,33). The summed E-state index contributed by atoms with van der Waals surface area (Å²) in [5.74, 6) is 3.23. The van der Waals surface area contributed by atoms with Gasteiger partial charge in [-0.25, -0.2) is 9.98 Å². The lowest BCUT2D eigenvalue weighted by Crippen LogP contribution is -2.29. The van der Waals surface area contributed by atoms with E-state index >= 15 is 0 Å². The minimum atomic E-state index is -0.273. The second kappa shape index (κ2) is 10.1. The van der Waals surface area contributed by atoms with Crippen LogP contribution in [0.1, 0.15) is 16.8 Å². The van der Waals surface area contributed by atoms with E-state index in [1.165, 1.54) is 0 Å². The van der Waals surface area contributed by atoms with Crippen molar-refractivity contribution in [1.29, 1.82) is 0 Å². The fourth-order valence-electron chi connectivity index (χ4n) is 3.74. The number of aliphatic imine (C=N–C) groups is 1. The van der Waals surface area contributed by atoms with Crippen LogP contribution in [0.2, 0.25) is 0 Å². The minimum absolute atomic E-state index is 0.273. The summed E-state index contributed by atoms with van der Waals surface area (Å²) in [5.41, 5.74) is 1.89. The Kier molecular flexibility index (Phi) is 6.44. The number of aromatic nitrogens is 2. The maximum atomic E-state index is 12.7. The van der Waals surface area contributed by atoms with Crippen LogP contribution in [0.3, 0.4) is 0 Å². The Hall–Kier alpha value is -4.92. The number of pyridine rings is 2. The highest BCUT2D eigenvalue weighted by Gasteiger charge is 2.15. The normalized spacial score (nSPS) is 12.2. The molecule has 9 nitrogen and oxygen atoms in total. The lowest BCUT2D eigenvalue weighted by molar-refractivity contribution is 0.0977. The first-order valence-corrected chi connectivity index (χ1v) is 11.2. The molecule has 5 rings (SSSR count). The summed E-state index contributed by atoms with van der Waals surface area (Å²) in [6, 6.07) is 16.2. The Balaban J connectivity index is 1.33. The lowest BCUT2D eigenvalue weighted by atomic mass is 10.2. The number of nitrogens with zero attached hydrogens (tertiary/aromatic N) is 3. The van der Waals surface area contributed by atoms with Gasteiger partial charge in [0.15, 0.2) is 11.5 Å². The number of rotatable bonds is 7. The number of hydrogen-bond donors (Lipinski definition) is 2. The van der Waals surface area contributed by atoms with Crippen molar-refractivity contribution in [3.05, 3.63) is 84.8 Å². The zero-order valence-corrected chi connectivity index (χ0v) is 19.7. The molecule has 2 N–H and O–H groups in total. The molecule has 1 aliphatic heterocycles. The molecule has 36 heavy (non-hydrogen) atoms. The summed E-state index contributed by atoms with van der Waals surface area (Å²) in [6.45, 7) is 0. The highest BCUT2D eigenvalue weighted by Crippen LogP contribution is 2.37. The predicted octanol–water partition coefficient (Wildman–Crippen LogP) is 5.23. The topological polar surface area (TPSA) is 107 Å². The first-order chi connectivity index (χ1) is 17.6. The van der Waals surface area contributed by atoms with Crippen LogP contribution in [0.15, 0.2) is 84.3 Å². The smallest absolute Gasteiger partial charge is 0.260 e. The third-order valence-corrected chi connectivity index (χ3v) is 5.51. The van der Waals surface area contributed by atoms with Gasteiger partial charge in [0.2, 0.25) is 0 Å². The van der Waals surface area contributed by atoms with Gasteiger partial charge in [-0.1, -0.05) is 6.08 Å². The highest BCUT2D eigenvalue weighted by atomic mass is 16.5. The molecule has 0 radical (unpaired) electrons. The molecular formula is C27H23N5O4. The van der Waals surface area contributed by atoms with Crippen LogP contribution in [0.4, 0.5) is 11.5 Å². The van der Waals surface area contributed by atoms with E-state index in [0.717, 1.165) is 16.6 Å². The average Bonchev–Trinajstić information content (AvgIpc) is 3.42. The van der Waals surface area contributed by atoms with Gasteiger partial charge in [-0.3, -0.25) is 9.78 Å². The number of amides is 1. The Bertz CT molecular complexity index is 1480. The average molecular weight is 482 g/mol. The number of carbonyl (C=O) groups excluding carboxylic acids is 1. The Morgan fingerprint density at radius 3 is 2.47 bits per heavy atom. The third kappa shape index (κ3) is 4.80. The number of benzene rings is 2. The van der Waals surface area contributed by atoms with E-state index in [-0.39, 0.29) is 5.91 Å². The van der Waals surface area contributed by atoms with Crippen molar-refractivity contribution in [2.75, 3.05) is 19.5 Å². The van der Waals surface area contributed by atoms with Crippen LogP contribution < -0.4 is 24.8 Å². The van der Waals surface area contributed by atoms with Gasteiger partial charge in [0.1, 0.15) is 23.2 Å². The summed E-state index contributed by atoms with van der Waals surface area (Å²) < 4.78 is 16.9. The maximum absolute atomic E-state index is 12.7. The molecule has 0 aliphatic carbocycles. The van der Waals surface area contributed by atoms with Crippen LogP contribution in [-0.2, 0) is 0 Å². The molecule has 3 heterocycles. The monoisotopic (exact) mass is 481 g/mol. The first-order valence-electron chi connectivity index (χ1n) is 11.2. The van der Waals surface area contributed by atoms with Crippen molar-refractivity contribution in [3.8, 4) is 23.0 Å². The van der Waals surface area contributed by atoms with Gasteiger partial charge in [0.05, 0.1) is 25.3 Å². The van der Waals surface area contributed by atoms with E-state index in [1.54, 1.807) is 51.0 Å². The fourth-order valence-corrected chi connectivity index (χ4v) is 3.74. The summed E-state index contributed by atoms with van der Waals surface area (Å²) >= 11 is 0. The number of ether oxygens (including phenoxy) is 3. The molecule has 1 aliphatic rings. The van der Waals surface area contributed by atoms with Crippen molar-refractivity contribution in [3.63, 3.8) is 0 Å². The number of fused-ring (bicyclic) bond motifs is 1. The van der Waals surface area contributed by atoms with Gasteiger partial charge >= 0.3 is 0 Å². The Morgan fingerprint density at radius 1 is 0.917 bits per heavy atom. The van der Waals surface area contributed by atoms with Crippen LogP contribution in [0, 0.1) is 0 Å². The van der Waals surface area contributed by atoms with Crippen LogP contribution >= 0.6 is 0 Å². The summed E-state index contributed by atoms with van der Waals surface area (Å²) in [6.07, 6.45) is 7.46. The molecular weight excluding hydrogens is 458 g/mol. The Labute approximate surface area is 207 Å². The van der Waals surface area contributed by atoms with Crippen molar-refractivity contribution in [2.24, 2.45) is 4.99 Å². The first kappa shape index (κ1) is 22.9. The highest BCUT2D eigenvalue weighted by molar-refractivity contribution is 6.09. The predicted molar refractivity (Wildman–Crippen MR) is 138 cm³/mol. The van der Waals surface area contributed by atoms with Gasteiger partial charge in [-0.2, -0.15) is 0 Å². The third-order valence-electron chi connectivity index (χ3n) is 5.51. The molecule has 0 saturated carbocycles. The summed E-state index contributed by atoms with van der Waals surface area (Å²) in [4.78, 5) is 25.6. The number of carbonyl (C=O) groups is 1. The number of hydrogen-bond acceptors (Lipinski definition) is 8. The van der Waals surface area contributed by atoms with Gasteiger partial charge in [-0.15, -0.1) is 0 Å². The second-order valence-corrected chi connectivity index (χ2v) is 7.80. The van der Waals surface area contributed by atoms with E-state index in [2.05, 4.69) is 25.6 Å². The summed E-state index contributed by atoms with van der Waals surface area (Å²) in [5, 5.41) is 6.81. The summed E-state index contributed by atoms with van der Waals surface area (Å²) in [7, 11) is 3.17. The minimum Gasteiger partial charge on any atom is -0.493 e. The molecule has 0 fully saturated rings. The SMILES string of the molecule is COc1cc2nccc(Oc3ccc(Nc4ncccc4C(=O)NC4=NC=CC4)cc3)c2cc1OC. The zero-order chi connectivity index (χ0) is 24.9.